The first-order chi connectivity index (χ1) is 12.2. The van der Waals surface area contributed by atoms with Crippen LogP contribution in [-0.4, -0.2) is 24.2 Å². The van der Waals surface area contributed by atoms with Gasteiger partial charge in [-0.05, 0) is 24.6 Å². The molecular weight excluding hydrogens is 314 g/mol. The fraction of sp³-hybridized carbons (Fsp3) is 0.0952. The van der Waals surface area contributed by atoms with Gasteiger partial charge in [0.15, 0.2) is 0 Å². The number of benzene rings is 2. The van der Waals surface area contributed by atoms with E-state index in [4.69, 9.17) is 4.74 Å². The van der Waals surface area contributed by atoms with Crippen molar-refractivity contribution in [1.82, 2.24) is 0 Å². The minimum Gasteiger partial charge on any atom is -0.463 e. The normalized spacial score (nSPS) is 15.9. The third kappa shape index (κ3) is 3.80. The molecule has 1 aliphatic rings. The lowest BCUT2D eigenvalue weighted by atomic mass is 9.91. The minimum absolute atomic E-state index is 0.290. The summed E-state index contributed by atoms with van der Waals surface area (Å²) >= 11 is 0. The van der Waals surface area contributed by atoms with E-state index in [-0.39, 0.29) is 5.91 Å². The average Bonchev–Trinajstić information content (AvgIpc) is 2.64. The number of aliphatic imine (C=N–C) groups is 1. The summed E-state index contributed by atoms with van der Waals surface area (Å²) in [5.41, 5.74) is 3.28. The van der Waals surface area contributed by atoms with Crippen LogP contribution in [0.3, 0.4) is 0 Å². The van der Waals surface area contributed by atoms with Crippen molar-refractivity contribution in [2.24, 2.45) is 4.99 Å². The minimum atomic E-state index is -0.457. The molecule has 2 aromatic carbocycles. The monoisotopic (exact) mass is 331 g/mol. The van der Waals surface area contributed by atoms with Gasteiger partial charge in [0.1, 0.15) is 0 Å². The summed E-state index contributed by atoms with van der Waals surface area (Å²) in [6, 6.07) is 16.5. The van der Waals surface area contributed by atoms with Crippen LogP contribution in [0.2, 0.25) is 0 Å². The number of carbonyl (C=O) groups is 2. The third-order valence-corrected chi connectivity index (χ3v) is 3.73. The van der Waals surface area contributed by atoms with Crippen LogP contribution in [0, 0.1) is 0 Å². The Kier molecular flexibility index (Phi) is 5.00. The maximum Gasteiger partial charge on any atom is 0.331 e. The van der Waals surface area contributed by atoms with Crippen LogP contribution in [-0.2, 0) is 9.53 Å². The van der Waals surface area contributed by atoms with Gasteiger partial charge in [-0.3, -0.25) is 4.79 Å². The van der Waals surface area contributed by atoms with Gasteiger partial charge in [-0.2, -0.15) is 0 Å². The van der Waals surface area contributed by atoms with Crippen LogP contribution in [0.15, 0.2) is 77.3 Å². The van der Waals surface area contributed by atoms with Crippen molar-refractivity contribution < 1.29 is 14.3 Å². The molecule has 0 spiro atoms. The molecule has 4 heteroatoms. The van der Waals surface area contributed by atoms with Crippen LogP contribution >= 0.6 is 0 Å². The second-order valence-corrected chi connectivity index (χ2v) is 5.40. The Labute approximate surface area is 146 Å². The van der Waals surface area contributed by atoms with Gasteiger partial charge in [0.2, 0.25) is 0 Å². The van der Waals surface area contributed by atoms with E-state index in [0.717, 1.165) is 11.1 Å². The van der Waals surface area contributed by atoms with Gasteiger partial charge in [0.05, 0.1) is 12.3 Å². The largest absolute Gasteiger partial charge is 0.463 e. The van der Waals surface area contributed by atoms with Crippen LogP contribution in [0.25, 0.3) is 6.08 Å². The van der Waals surface area contributed by atoms with Gasteiger partial charge in [-0.1, -0.05) is 54.6 Å². The molecule has 0 radical (unpaired) electrons. The smallest absolute Gasteiger partial charge is 0.331 e. The Morgan fingerprint density at radius 3 is 2.48 bits per heavy atom. The second kappa shape index (κ2) is 7.53. The summed E-state index contributed by atoms with van der Waals surface area (Å²) in [4.78, 5) is 28.7. The molecule has 0 fully saturated rings. The molecule has 4 nitrogen and oxygen atoms in total. The molecular formula is C21H17NO3. The van der Waals surface area contributed by atoms with Crippen LogP contribution < -0.4 is 0 Å². The van der Waals surface area contributed by atoms with E-state index in [1.54, 1.807) is 37.3 Å². The number of nitrogens with zero attached hydrogens (tertiary/aromatic N) is 1. The van der Waals surface area contributed by atoms with Crippen molar-refractivity contribution in [2.75, 3.05) is 6.61 Å². The zero-order valence-electron chi connectivity index (χ0n) is 13.8. The summed E-state index contributed by atoms with van der Waals surface area (Å²) in [7, 11) is 0. The van der Waals surface area contributed by atoms with Gasteiger partial charge in [-0.15, -0.1) is 0 Å². The van der Waals surface area contributed by atoms with E-state index in [1.807, 2.05) is 36.4 Å². The number of ether oxygens (including phenoxy) is 1. The fourth-order valence-corrected chi connectivity index (χ4v) is 2.57. The van der Waals surface area contributed by atoms with Gasteiger partial charge in [-0.25, -0.2) is 9.79 Å². The maximum absolute atomic E-state index is 12.5. The van der Waals surface area contributed by atoms with Gasteiger partial charge in [0, 0.05) is 22.8 Å². The molecule has 0 heterocycles. The molecule has 0 atom stereocenters. The third-order valence-electron chi connectivity index (χ3n) is 3.73. The zero-order chi connectivity index (χ0) is 17.6. The quantitative estimate of drug-likeness (QED) is 0.634. The molecule has 0 aromatic heterocycles. The highest BCUT2D eigenvalue weighted by atomic mass is 16.5. The van der Waals surface area contributed by atoms with E-state index in [2.05, 4.69) is 4.99 Å². The molecule has 0 unspecified atom stereocenters. The van der Waals surface area contributed by atoms with Crippen LogP contribution in [0.1, 0.15) is 28.4 Å². The first kappa shape index (κ1) is 16.6. The highest BCUT2D eigenvalue weighted by molar-refractivity contribution is 6.24. The lowest BCUT2D eigenvalue weighted by molar-refractivity contribution is -0.137. The van der Waals surface area contributed by atoms with Crippen LogP contribution in [0.4, 0.5) is 0 Å². The highest BCUT2D eigenvalue weighted by Crippen LogP contribution is 2.24. The molecule has 0 saturated carbocycles. The lowest BCUT2D eigenvalue weighted by Gasteiger charge is -2.15. The maximum atomic E-state index is 12.5. The Balaban J connectivity index is 2.07. The predicted molar refractivity (Wildman–Crippen MR) is 97.5 cm³/mol. The average molecular weight is 331 g/mol. The van der Waals surface area contributed by atoms with Crippen molar-refractivity contribution >= 4 is 23.7 Å². The predicted octanol–water partition coefficient (Wildman–Crippen LogP) is 3.83. The molecule has 3 rings (SSSR count). The number of hydrogen-bond acceptors (Lipinski definition) is 3. The Morgan fingerprint density at radius 2 is 1.72 bits per heavy atom. The van der Waals surface area contributed by atoms with Crippen molar-refractivity contribution in [3.8, 4) is 0 Å². The van der Waals surface area contributed by atoms with Gasteiger partial charge < -0.3 is 4.74 Å². The number of fused-ring (bicyclic) bond motifs is 1. The first-order valence-corrected chi connectivity index (χ1v) is 8.03. The van der Waals surface area contributed by atoms with E-state index in [1.165, 1.54) is 6.08 Å². The molecule has 0 saturated heterocycles. The van der Waals surface area contributed by atoms with Gasteiger partial charge in [0.25, 0.3) is 5.91 Å². The van der Waals surface area contributed by atoms with Gasteiger partial charge >= 0.3 is 5.97 Å². The fourth-order valence-electron chi connectivity index (χ4n) is 2.57. The number of allylic oxidation sites excluding steroid dienone is 2. The Morgan fingerprint density at radius 1 is 1.00 bits per heavy atom. The Hall–Kier alpha value is -3.27. The van der Waals surface area contributed by atoms with E-state index >= 15 is 0 Å². The highest BCUT2D eigenvalue weighted by Gasteiger charge is 2.19. The summed E-state index contributed by atoms with van der Waals surface area (Å²) in [5.74, 6) is -0.808. The Bertz CT molecular complexity index is 892. The molecule has 1 amide bonds. The van der Waals surface area contributed by atoms with E-state index in [0.29, 0.717) is 23.5 Å². The molecule has 25 heavy (non-hydrogen) atoms. The number of carbonyl (C=O) groups excluding carboxylic acids is 2. The van der Waals surface area contributed by atoms with E-state index < -0.39 is 5.97 Å². The molecule has 1 aliphatic carbocycles. The number of hydrogen-bond donors (Lipinski definition) is 0. The second-order valence-electron chi connectivity index (χ2n) is 5.40. The summed E-state index contributed by atoms with van der Waals surface area (Å²) in [6.45, 7) is 2.04. The molecule has 0 aliphatic heterocycles. The molecule has 0 N–H and O–H groups in total. The van der Waals surface area contributed by atoms with Crippen LogP contribution in [0.5, 0.6) is 0 Å². The molecule has 0 bridgehead atoms. The first-order valence-electron chi connectivity index (χ1n) is 8.03. The SMILES string of the molecule is CCOC(=O)/C=C1\C=Cc2ccccc2C1=NC(=O)c1ccccc1. The van der Waals surface area contributed by atoms with Crippen molar-refractivity contribution in [2.45, 2.75) is 6.92 Å². The number of amides is 1. The van der Waals surface area contributed by atoms with E-state index in [9.17, 15) is 9.59 Å². The summed E-state index contributed by atoms with van der Waals surface area (Å²) < 4.78 is 4.98. The van der Waals surface area contributed by atoms with Crippen molar-refractivity contribution in [3.63, 3.8) is 0 Å². The molecule has 2 aromatic rings. The topological polar surface area (TPSA) is 55.7 Å². The lowest BCUT2D eigenvalue weighted by Crippen LogP contribution is -2.14. The number of rotatable bonds is 3. The summed E-state index contributed by atoms with van der Waals surface area (Å²) in [6.07, 6.45) is 5.04. The van der Waals surface area contributed by atoms with Crippen molar-refractivity contribution in [3.05, 3.63) is 89.0 Å². The zero-order valence-corrected chi connectivity index (χ0v) is 13.8. The summed E-state index contributed by atoms with van der Waals surface area (Å²) in [5, 5.41) is 0. The number of esters is 1. The standard InChI is InChI=1S/C21H17NO3/c1-2-25-19(23)14-17-13-12-15-8-6-7-11-18(15)20(17)22-21(24)16-9-4-3-5-10-16/h3-14H,2H2,1H3/b17-14+,22-20?. The van der Waals surface area contributed by atoms with Crippen molar-refractivity contribution in [1.29, 1.82) is 0 Å². The molecule has 124 valence electrons.